The molecule has 2 N–H and O–H groups in total. The fourth-order valence-corrected chi connectivity index (χ4v) is 4.27. The van der Waals surface area contributed by atoms with E-state index in [1.54, 1.807) is 17.2 Å². The highest BCUT2D eigenvalue weighted by atomic mass is 16.2. The van der Waals surface area contributed by atoms with E-state index in [0.717, 1.165) is 51.1 Å². The largest absolute Gasteiger partial charge is 0.330 e. The van der Waals surface area contributed by atoms with Gasteiger partial charge in [-0.3, -0.25) is 9.69 Å². The first-order chi connectivity index (χ1) is 16.1. The Labute approximate surface area is 193 Å². The summed E-state index contributed by atoms with van der Waals surface area (Å²) in [4.78, 5) is 40.6. The smallest absolute Gasteiger partial charge is 0.322 e. The van der Waals surface area contributed by atoms with Gasteiger partial charge in [-0.25, -0.2) is 19.7 Å². The van der Waals surface area contributed by atoms with Crippen molar-refractivity contribution in [2.45, 2.75) is 32.4 Å². The van der Waals surface area contributed by atoms with E-state index >= 15 is 0 Å². The summed E-state index contributed by atoms with van der Waals surface area (Å²) in [5.74, 6) is 1.04. The Morgan fingerprint density at radius 2 is 2.09 bits per heavy atom. The van der Waals surface area contributed by atoms with Crippen LogP contribution in [0.5, 0.6) is 0 Å². The maximum absolute atomic E-state index is 13.4. The van der Waals surface area contributed by atoms with Gasteiger partial charge in [-0.2, -0.15) is 0 Å². The molecule has 2 aromatic rings. The Bertz CT molecular complexity index is 1080. The molecule has 0 spiro atoms. The van der Waals surface area contributed by atoms with Crippen LogP contribution in [-0.4, -0.2) is 70.5 Å². The van der Waals surface area contributed by atoms with E-state index in [1.165, 1.54) is 0 Å². The summed E-state index contributed by atoms with van der Waals surface area (Å²) < 4.78 is 0. The molecular formula is C24H29N7O2. The summed E-state index contributed by atoms with van der Waals surface area (Å²) in [7, 11) is 0. The molecule has 1 saturated heterocycles. The number of aromatic nitrogens is 2. The maximum atomic E-state index is 13.4. The lowest BCUT2D eigenvalue weighted by atomic mass is 10.1. The van der Waals surface area contributed by atoms with Crippen molar-refractivity contribution in [1.82, 2.24) is 25.1 Å². The van der Waals surface area contributed by atoms with Crippen LogP contribution in [0.2, 0.25) is 0 Å². The number of anilines is 3. The standard InChI is InChI=1S/C24H29N7O2/c1-17-26-15-18-16-30(20-7-8-20)24(33)31(23(18)27-17)21-5-2-4-19(14-21)28-22(32)6-3-11-29-12-9-25-10-13-29/h2-6,14-15,20,25H,7-13,16H2,1H3,(H,28,32)/b6-3+. The predicted octanol–water partition coefficient (Wildman–Crippen LogP) is 2.42. The van der Waals surface area contributed by atoms with E-state index in [4.69, 9.17) is 0 Å². The van der Waals surface area contributed by atoms with Crippen LogP contribution in [0.15, 0.2) is 42.6 Å². The Balaban J connectivity index is 1.33. The van der Waals surface area contributed by atoms with Gasteiger partial charge in [-0.1, -0.05) is 12.1 Å². The number of aryl methyl sites for hydroxylation is 1. The van der Waals surface area contributed by atoms with Crippen molar-refractivity contribution in [1.29, 1.82) is 0 Å². The number of nitrogens with zero attached hydrogens (tertiary/aromatic N) is 5. The molecule has 1 aliphatic carbocycles. The summed E-state index contributed by atoms with van der Waals surface area (Å²) in [6.45, 7) is 7.04. The number of hydrogen-bond acceptors (Lipinski definition) is 6. The topological polar surface area (TPSA) is 93.7 Å². The highest BCUT2D eigenvalue weighted by Crippen LogP contribution is 2.39. The lowest BCUT2D eigenvalue weighted by molar-refractivity contribution is -0.111. The summed E-state index contributed by atoms with van der Waals surface area (Å²) in [6.07, 6.45) is 7.32. The zero-order chi connectivity index (χ0) is 22.8. The molecule has 1 aromatic heterocycles. The zero-order valence-corrected chi connectivity index (χ0v) is 18.8. The summed E-state index contributed by atoms with van der Waals surface area (Å²) >= 11 is 0. The van der Waals surface area contributed by atoms with E-state index in [9.17, 15) is 9.59 Å². The first-order valence-corrected chi connectivity index (χ1v) is 11.5. The highest BCUT2D eigenvalue weighted by Gasteiger charge is 2.40. The van der Waals surface area contributed by atoms with E-state index in [-0.39, 0.29) is 18.0 Å². The van der Waals surface area contributed by atoms with Crippen molar-refractivity contribution >= 4 is 29.1 Å². The van der Waals surface area contributed by atoms with Gasteiger partial charge in [0.05, 0.1) is 12.2 Å². The van der Waals surface area contributed by atoms with Crippen LogP contribution in [-0.2, 0) is 11.3 Å². The molecule has 5 rings (SSSR count). The third-order valence-electron chi connectivity index (χ3n) is 6.15. The van der Waals surface area contributed by atoms with Crippen molar-refractivity contribution in [3.05, 3.63) is 54.0 Å². The lowest BCUT2D eigenvalue weighted by Gasteiger charge is -2.36. The van der Waals surface area contributed by atoms with Gasteiger partial charge in [-0.15, -0.1) is 0 Å². The monoisotopic (exact) mass is 447 g/mol. The van der Waals surface area contributed by atoms with Crippen molar-refractivity contribution in [2.24, 2.45) is 0 Å². The number of amides is 3. The molecule has 3 amide bonds. The number of piperazine rings is 1. The molecule has 1 aromatic carbocycles. The minimum absolute atomic E-state index is 0.0810. The van der Waals surface area contributed by atoms with Crippen LogP contribution in [0.1, 0.15) is 24.2 Å². The molecule has 0 unspecified atom stereocenters. The number of urea groups is 1. The fourth-order valence-electron chi connectivity index (χ4n) is 4.27. The van der Waals surface area contributed by atoms with Crippen LogP contribution in [0, 0.1) is 6.92 Å². The van der Waals surface area contributed by atoms with Gasteiger partial charge in [-0.05, 0) is 38.0 Å². The first kappa shape index (κ1) is 21.5. The van der Waals surface area contributed by atoms with Crippen LogP contribution in [0.4, 0.5) is 22.0 Å². The summed E-state index contributed by atoms with van der Waals surface area (Å²) in [5, 5.41) is 6.23. The van der Waals surface area contributed by atoms with E-state index in [0.29, 0.717) is 29.6 Å². The van der Waals surface area contributed by atoms with Crippen molar-refractivity contribution in [2.75, 3.05) is 42.9 Å². The average Bonchev–Trinajstić information content (AvgIpc) is 3.65. The van der Waals surface area contributed by atoms with E-state index < -0.39 is 0 Å². The molecule has 0 atom stereocenters. The number of carbonyl (C=O) groups is 2. The second-order valence-electron chi connectivity index (χ2n) is 8.74. The van der Waals surface area contributed by atoms with Gasteiger partial charge in [0.2, 0.25) is 5.91 Å². The second kappa shape index (κ2) is 9.29. The Kier molecular flexibility index (Phi) is 6.06. The molecule has 2 fully saturated rings. The number of benzene rings is 1. The molecule has 1 saturated carbocycles. The molecule has 2 aliphatic heterocycles. The minimum atomic E-state index is -0.189. The molecule has 9 nitrogen and oxygen atoms in total. The van der Waals surface area contributed by atoms with Gasteiger partial charge < -0.3 is 15.5 Å². The number of carbonyl (C=O) groups excluding carboxylic acids is 2. The van der Waals surface area contributed by atoms with Crippen molar-refractivity contribution in [3.8, 4) is 0 Å². The Morgan fingerprint density at radius 3 is 2.88 bits per heavy atom. The van der Waals surface area contributed by atoms with Gasteiger partial charge in [0.1, 0.15) is 11.6 Å². The number of hydrogen-bond donors (Lipinski definition) is 2. The van der Waals surface area contributed by atoms with Crippen molar-refractivity contribution in [3.63, 3.8) is 0 Å². The van der Waals surface area contributed by atoms with E-state index in [1.807, 2.05) is 42.2 Å². The number of rotatable bonds is 6. The molecule has 3 aliphatic rings. The molecule has 172 valence electrons. The third-order valence-corrected chi connectivity index (χ3v) is 6.15. The predicted molar refractivity (Wildman–Crippen MR) is 126 cm³/mol. The van der Waals surface area contributed by atoms with Crippen molar-refractivity contribution < 1.29 is 9.59 Å². The Morgan fingerprint density at radius 1 is 1.27 bits per heavy atom. The van der Waals surface area contributed by atoms with Gasteiger partial charge in [0, 0.05) is 62.3 Å². The molecular weight excluding hydrogens is 418 g/mol. The molecule has 33 heavy (non-hydrogen) atoms. The quantitative estimate of drug-likeness (QED) is 0.661. The van der Waals surface area contributed by atoms with Crippen LogP contribution >= 0.6 is 0 Å². The highest BCUT2D eigenvalue weighted by molar-refractivity contribution is 6.03. The zero-order valence-electron chi connectivity index (χ0n) is 18.8. The molecule has 0 radical (unpaired) electrons. The van der Waals surface area contributed by atoms with Crippen LogP contribution in [0.25, 0.3) is 0 Å². The first-order valence-electron chi connectivity index (χ1n) is 11.5. The minimum Gasteiger partial charge on any atom is -0.322 e. The van der Waals surface area contributed by atoms with Gasteiger partial charge in [0.25, 0.3) is 0 Å². The summed E-state index contributed by atoms with van der Waals surface area (Å²) in [5.41, 5.74) is 2.23. The Hall–Kier alpha value is -3.30. The SMILES string of the molecule is Cc1ncc2c(n1)N(c1cccc(NC(=O)/C=C/CN3CCNCC3)c1)C(=O)N(C1CC1)C2. The van der Waals surface area contributed by atoms with Gasteiger partial charge >= 0.3 is 6.03 Å². The second-order valence-corrected chi connectivity index (χ2v) is 8.74. The summed E-state index contributed by atoms with van der Waals surface area (Å²) in [6, 6.07) is 7.54. The van der Waals surface area contributed by atoms with Gasteiger partial charge in [0.15, 0.2) is 0 Å². The fraction of sp³-hybridized carbons (Fsp3) is 0.417. The van der Waals surface area contributed by atoms with Crippen LogP contribution < -0.4 is 15.5 Å². The average molecular weight is 448 g/mol. The molecule has 0 bridgehead atoms. The number of fused-ring (bicyclic) bond motifs is 1. The lowest BCUT2D eigenvalue weighted by Crippen LogP contribution is -2.46. The third kappa shape index (κ3) is 4.89. The molecule has 3 heterocycles. The van der Waals surface area contributed by atoms with Crippen LogP contribution in [0.3, 0.4) is 0 Å². The van der Waals surface area contributed by atoms with E-state index in [2.05, 4.69) is 25.5 Å². The normalized spacial score (nSPS) is 19.1. The molecule has 9 heteroatoms. The maximum Gasteiger partial charge on any atom is 0.330 e. The number of nitrogens with one attached hydrogen (secondary N) is 2.